The lowest BCUT2D eigenvalue weighted by molar-refractivity contribution is 0.322. The summed E-state index contributed by atoms with van der Waals surface area (Å²) in [5.74, 6) is 1.81. The molecule has 84 valence electrons. The van der Waals surface area contributed by atoms with E-state index in [4.69, 9.17) is 5.11 Å². The van der Waals surface area contributed by atoms with Crippen molar-refractivity contribution < 1.29 is 5.11 Å². The Morgan fingerprint density at radius 2 is 2.00 bits per heavy atom. The second-order valence-electron chi connectivity index (χ2n) is 3.55. The summed E-state index contributed by atoms with van der Waals surface area (Å²) in [7, 11) is 1.98. The van der Waals surface area contributed by atoms with Crippen LogP contribution in [0.4, 0.5) is 0 Å². The van der Waals surface area contributed by atoms with Gasteiger partial charge >= 0.3 is 0 Å². The van der Waals surface area contributed by atoms with Gasteiger partial charge in [-0.1, -0.05) is 29.8 Å². The number of nitrogens with one attached hydrogen (secondary N) is 1. The minimum absolute atomic E-state index is 0.259. The van der Waals surface area contributed by atoms with Crippen molar-refractivity contribution in [3.8, 4) is 0 Å². The highest BCUT2D eigenvalue weighted by Gasteiger charge is 2.08. The summed E-state index contributed by atoms with van der Waals surface area (Å²) in [5, 5.41) is 12.0. The van der Waals surface area contributed by atoms with Crippen molar-refractivity contribution >= 4 is 11.8 Å². The van der Waals surface area contributed by atoms with Crippen LogP contribution in [0, 0.1) is 6.92 Å². The average molecular weight is 225 g/mol. The molecule has 0 aliphatic carbocycles. The van der Waals surface area contributed by atoms with Gasteiger partial charge in [-0.3, -0.25) is 0 Å². The Morgan fingerprint density at radius 1 is 1.33 bits per heavy atom. The zero-order valence-corrected chi connectivity index (χ0v) is 10.2. The number of hydrogen-bond acceptors (Lipinski definition) is 3. The lowest BCUT2D eigenvalue weighted by atomic mass is 10.1. The molecule has 1 aromatic carbocycles. The Labute approximate surface area is 96.1 Å². The van der Waals surface area contributed by atoms with E-state index in [1.165, 1.54) is 11.1 Å². The van der Waals surface area contributed by atoms with Crippen LogP contribution in [-0.4, -0.2) is 30.3 Å². The molecule has 1 unspecified atom stereocenters. The van der Waals surface area contributed by atoms with Gasteiger partial charge in [0.05, 0.1) is 6.61 Å². The minimum Gasteiger partial charge on any atom is -0.396 e. The van der Waals surface area contributed by atoms with Crippen LogP contribution in [0.2, 0.25) is 0 Å². The maximum atomic E-state index is 8.72. The van der Waals surface area contributed by atoms with E-state index in [1.54, 1.807) is 11.8 Å². The summed E-state index contributed by atoms with van der Waals surface area (Å²) in [6.07, 6.45) is 0. The van der Waals surface area contributed by atoms with Gasteiger partial charge in [-0.15, -0.1) is 0 Å². The molecule has 0 aliphatic rings. The van der Waals surface area contributed by atoms with Crippen LogP contribution in [0.5, 0.6) is 0 Å². The molecular formula is C12H19NOS. The number of aryl methyl sites for hydroxylation is 1. The number of aliphatic hydroxyl groups excluding tert-OH is 1. The quantitative estimate of drug-likeness (QED) is 0.726. The molecule has 2 nitrogen and oxygen atoms in total. The van der Waals surface area contributed by atoms with Crippen LogP contribution in [0.3, 0.4) is 0 Å². The predicted octanol–water partition coefficient (Wildman–Crippen LogP) is 1.98. The van der Waals surface area contributed by atoms with Gasteiger partial charge in [0.15, 0.2) is 0 Å². The third-order valence-electron chi connectivity index (χ3n) is 2.35. The van der Waals surface area contributed by atoms with Crippen molar-refractivity contribution in [2.75, 3.05) is 25.2 Å². The van der Waals surface area contributed by atoms with Crippen LogP contribution in [-0.2, 0) is 0 Å². The number of thioether (sulfide) groups is 1. The Balaban J connectivity index is 2.53. The molecule has 2 N–H and O–H groups in total. The lowest BCUT2D eigenvalue weighted by Crippen LogP contribution is -2.19. The molecule has 0 heterocycles. The molecule has 0 spiro atoms. The fourth-order valence-corrected chi connectivity index (χ4v) is 2.30. The Hall–Kier alpha value is -0.510. The largest absolute Gasteiger partial charge is 0.396 e. The standard InChI is InChI=1S/C12H19NOS/c1-10-3-5-11(6-4-10)12(13-2)9-15-8-7-14/h3-6,12-14H,7-9H2,1-2H3. The minimum atomic E-state index is 0.259. The second-order valence-corrected chi connectivity index (χ2v) is 4.70. The molecule has 15 heavy (non-hydrogen) atoms. The Morgan fingerprint density at radius 3 is 2.53 bits per heavy atom. The fraction of sp³-hybridized carbons (Fsp3) is 0.500. The molecule has 0 saturated heterocycles. The molecule has 0 aliphatic heterocycles. The molecule has 3 heteroatoms. The summed E-state index contributed by atoms with van der Waals surface area (Å²) in [6.45, 7) is 2.35. The van der Waals surface area contributed by atoms with Crippen LogP contribution >= 0.6 is 11.8 Å². The highest BCUT2D eigenvalue weighted by Crippen LogP contribution is 2.18. The smallest absolute Gasteiger partial charge is 0.0521 e. The average Bonchev–Trinajstić information content (AvgIpc) is 2.26. The first-order chi connectivity index (χ1) is 7.27. The number of hydrogen-bond donors (Lipinski definition) is 2. The Kier molecular flexibility index (Phi) is 5.76. The second kappa shape index (κ2) is 6.88. The number of rotatable bonds is 6. The van der Waals surface area contributed by atoms with Crippen molar-refractivity contribution in [3.63, 3.8) is 0 Å². The summed E-state index contributed by atoms with van der Waals surface area (Å²) < 4.78 is 0. The van der Waals surface area contributed by atoms with Gasteiger partial charge in [-0.25, -0.2) is 0 Å². The molecule has 1 atom stereocenters. The monoisotopic (exact) mass is 225 g/mol. The summed E-state index contributed by atoms with van der Waals surface area (Å²) in [5.41, 5.74) is 2.60. The SMILES string of the molecule is CNC(CSCCO)c1ccc(C)cc1. The normalized spacial score (nSPS) is 12.7. The van der Waals surface area contributed by atoms with E-state index < -0.39 is 0 Å². The van der Waals surface area contributed by atoms with Gasteiger partial charge in [0, 0.05) is 17.5 Å². The molecule has 1 rings (SSSR count). The summed E-state index contributed by atoms with van der Waals surface area (Å²) >= 11 is 1.77. The van der Waals surface area contributed by atoms with Crippen LogP contribution in [0.1, 0.15) is 17.2 Å². The maximum Gasteiger partial charge on any atom is 0.0521 e. The number of aliphatic hydroxyl groups is 1. The molecule has 0 bridgehead atoms. The zero-order chi connectivity index (χ0) is 11.1. The van der Waals surface area contributed by atoms with E-state index in [9.17, 15) is 0 Å². The van der Waals surface area contributed by atoms with E-state index >= 15 is 0 Å². The van der Waals surface area contributed by atoms with Crippen LogP contribution in [0.15, 0.2) is 24.3 Å². The number of benzene rings is 1. The molecule has 0 saturated carbocycles. The van der Waals surface area contributed by atoms with Crippen LogP contribution in [0.25, 0.3) is 0 Å². The predicted molar refractivity (Wildman–Crippen MR) is 67.4 cm³/mol. The first kappa shape index (κ1) is 12.6. The molecule has 0 fully saturated rings. The van der Waals surface area contributed by atoms with Gasteiger partial charge in [-0.05, 0) is 19.5 Å². The molecule has 1 aromatic rings. The molecule has 0 amide bonds. The van der Waals surface area contributed by atoms with Crippen molar-refractivity contribution in [1.29, 1.82) is 0 Å². The van der Waals surface area contributed by atoms with Gasteiger partial charge in [0.25, 0.3) is 0 Å². The van der Waals surface area contributed by atoms with Crippen molar-refractivity contribution in [2.24, 2.45) is 0 Å². The third kappa shape index (κ3) is 4.24. The van der Waals surface area contributed by atoms with Gasteiger partial charge < -0.3 is 10.4 Å². The van der Waals surface area contributed by atoms with Crippen molar-refractivity contribution in [2.45, 2.75) is 13.0 Å². The van der Waals surface area contributed by atoms with E-state index in [1.807, 2.05) is 7.05 Å². The topological polar surface area (TPSA) is 32.3 Å². The highest BCUT2D eigenvalue weighted by molar-refractivity contribution is 7.99. The molecule has 0 aromatic heterocycles. The van der Waals surface area contributed by atoms with Crippen molar-refractivity contribution in [3.05, 3.63) is 35.4 Å². The highest BCUT2D eigenvalue weighted by atomic mass is 32.2. The van der Waals surface area contributed by atoms with Crippen molar-refractivity contribution in [1.82, 2.24) is 5.32 Å². The Bertz CT molecular complexity index is 273. The van der Waals surface area contributed by atoms with E-state index in [0.29, 0.717) is 6.04 Å². The van der Waals surface area contributed by atoms with Gasteiger partial charge in [0.1, 0.15) is 0 Å². The lowest BCUT2D eigenvalue weighted by Gasteiger charge is -2.16. The van der Waals surface area contributed by atoms with E-state index in [0.717, 1.165) is 11.5 Å². The summed E-state index contributed by atoms with van der Waals surface area (Å²) in [6, 6.07) is 8.97. The molecular weight excluding hydrogens is 206 g/mol. The van der Waals surface area contributed by atoms with Gasteiger partial charge in [0.2, 0.25) is 0 Å². The van der Waals surface area contributed by atoms with Crippen LogP contribution < -0.4 is 5.32 Å². The third-order valence-corrected chi connectivity index (χ3v) is 3.39. The van der Waals surface area contributed by atoms with E-state index in [-0.39, 0.29) is 6.61 Å². The summed E-state index contributed by atoms with van der Waals surface area (Å²) in [4.78, 5) is 0. The fourth-order valence-electron chi connectivity index (χ4n) is 1.41. The first-order valence-corrected chi connectivity index (χ1v) is 6.36. The van der Waals surface area contributed by atoms with E-state index in [2.05, 4.69) is 36.5 Å². The zero-order valence-electron chi connectivity index (χ0n) is 9.36. The van der Waals surface area contributed by atoms with Gasteiger partial charge in [-0.2, -0.15) is 11.8 Å². The molecule has 0 radical (unpaired) electrons. The first-order valence-electron chi connectivity index (χ1n) is 5.20. The maximum absolute atomic E-state index is 8.72.